The summed E-state index contributed by atoms with van der Waals surface area (Å²) in [4.78, 5) is 31.6. The van der Waals surface area contributed by atoms with Crippen LogP contribution in [0.25, 0.3) is 0 Å². The van der Waals surface area contributed by atoms with E-state index < -0.39 is 5.78 Å². The lowest BCUT2D eigenvalue weighted by atomic mass is 10.1. The molecule has 0 unspecified atom stereocenters. The minimum absolute atomic E-state index is 0.112. The summed E-state index contributed by atoms with van der Waals surface area (Å²) in [6.45, 7) is 2.13. The number of unbranched alkanes of at least 4 members (excludes halogenated alkanes) is 4. The second-order valence-electron chi connectivity index (χ2n) is 3.46. The third kappa shape index (κ3) is 7.65. The van der Waals surface area contributed by atoms with Gasteiger partial charge in [-0.15, -0.1) is 0 Å². The Hall–Kier alpha value is -0.990. The number of carbonyl (C=O) groups is 3. The Bertz CT molecular complexity index is 197. The zero-order chi connectivity index (χ0) is 10.8. The predicted octanol–water partition coefficient (Wildman–Crippen LogP) is 2.07. The third-order valence-electron chi connectivity index (χ3n) is 2.06. The van der Waals surface area contributed by atoms with E-state index >= 15 is 0 Å². The van der Waals surface area contributed by atoms with Crippen LogP contribution in [0.15, 0.2) is 0 Å². The van der Waals surface area contributed by atoms with Gasteiger partial charge in [0.25, 0.3) is 0 Å². The number of hydrogen-bond acceptors (Lipinski definition) is 3. The topological polar surface area (TPSA) is 51.2 Å². The number of hydrogen-bond donors (Lipinski definition) is 0. The van der Waals surface area contributed by atoms with E-state index in [1.165, 1.54) is 12.8 Å². The fourth-order valence-electron chi connectivity index (χ4n) is 1.25. The van der Waals surface area contributed by atoms with Gasteiger partial charge in [-0.05, 0) is 6.42 Å². The van der Waals surface area contributed by atoms with Crippen molar-refractivity contribution in [3.63, 3.8) is 0 Å². The molecule has 0 rings (SSSR count). The van der Waals surface area contributed by atoms with E-state index in [2.05, 4.69) is 6.92 Å². The molecule has 0 aliphatic heterocycles. The molecule has 0 aliphatic carbocycles. The molecule has 0 bridgehead atoms. The van der Waals surface area contributed by atoms with Gasteiger partial charge < -0.3 is 0 Å². The minimum atomic E-state index is -0.608. The van der Waals surface area contributed by atoms with E-state index in [1.54, 1.807) is 0 Å². The summed E-state index contributed by atoms with van der Waals surface area (Å²) in [5, 5.41) is 0. The van der Waals surface area contributed by atoms with Gasteiger partial charge in [0, 0.05) is 6.42 Å². The van der Waals surface area contributed by atoms with E-state index in [0.29, 0.717) is 6.42 Å². The zero-order valence-corrected chi connectivity index (χ0v) is 8.75. The Morgan fingerprint density at radius 1 is 1.07 bits per heavy atom. The van der Waals surface area contributed by atoms with Crippen molar-refractivity contribution in [3.8, 4) is 0 Å². The summed E-state index contributed by atoms with van der Waals surface area (Å²) < 4.78 is 0. The molecule has 0 fully saturated rings. The maximum absolute atomic E-state index is 11.1. The van der Waals surface area contributed by atoms with Crippen molar-refractivity contribution in [2.45, 2.75) is 51.9 Å². The quantitative estimate of drug-likeness (QED) is 0.247. The van der Waals surface area contributed by atoms with Crippen molar-refractivity contribution >= 4 is 17.9 Å². The van der Waals surface area contributed by atoms with Crippen molar-refractivity contribution in [1.29, 1.82) is 0 Å². The van der Waals surface area contributed by atoms with Gasteiger partial charge in [0.05, 0.1) is 6.42 Å². The summed E-state index contributed by atoms with van der Waals surface area (Å²) in [5.41, 5.74) is 0. The molecular weight excluding hydrogens is 180 g/mol. The Labute approximate surface area is 84.9 Å². The van der Waals surface area contributed by atoms with E-state index in [-0.39, 0.29) is 18.5 Å². The average Bonchev–Trinajstić information content (AvgIpc) is 2.17. The molecular formula is C11H18O3. The molecule has 0 aliphatic rings. The van der Waals surface area contributed by atoms with Crippen LogP contribution in [0.4, 0.5) is 0 Å². The fourth-order valence-corrected chi connectivity index (χ4v) is 1.25. The van der Waals surface area contributed by atoms with Gasteiger partial charge in [-0.3, -0.25) is 14.4 Å². The first-order valence-corrected chi connectivity index (χ1v) is 5.20. The van der Waals surface area contributed by atoms with Crippen LogP contribution in [0.1, 0.15) is 51.9 Å². The van der Waals surface area contributed by atoms with Crippen molar-refractivity contribution < 1.29 is 14.4 Å². The van der Waals surface area contributed by atoms with Gasteiger partial charge in [0.2, 0.25) is 5.78 Å². The molecule has 0 amide bonds. The maximum Gasteiger partial charge on any atom is 0.202 e. The Morgan fingerprint density at radius 2 is 1.71 bits per heavy atom. The minimum Gasteiger partial charge on any atom is -0.299 e. The summed E-state index contributed by atoms with van der Waals surface area (Å²) in [7, 11) is 0. The van der Waals surface area contributed by atoms with Gasteiger partial charge in [-0.2, -0.15) is 0 Å². The summed E-state index contributed by atoms with van der Waals surface area (Å²) in [6.07, 6.45) is 5.83. The van der Waals surface area contributed by atoms with Crippen LogP contribution in [0.3, 0.4) is 0 Å². The summed E-state index contributed by atoms with van der Waals surface area (Å²) >= 11 is 0. The number of aldehydes is 1. The van der Waals surface area contributed by atoms with Gasteiger partial charge in [0.1, 0.15) is 5.78 Å². The van der Waals surface area contributed by atoms with Crippen molar-refractivity contribution in [2.75, 3.05) is 0 Å². The van der Waals surface area contributed by atoms with Crippen LogP contribution in [-0.2, 0) is 14.4 Å². The van der Waals surface area contributed by atoms with E-state index in [1.807, 2.05) is 0 Å². The highest BCUT2D eigenvalue weighted by Gasteiger charge is 2.07. The van der Waals surface area contributed by atoms with E-state index in [0.717, 1.165) is 19.3 Å². The molecule has 0 atom stereocenters. The van der Waals surface area contributed by atoms with Crippen LogP contribution in [0, 0.1) is 0 Å². The lowest BCUT2D eigenvalue weighted by Gasteiger charge is -1.98. The first-order valence-electron chi connectivity index (χ1n) is 5.20. The molecule has 0 spiro atoms. The monoisotopic (exact) mass is 198 g/mol. The second-order valence-corrected chi connectivity index (χ2v) is 3.46. The molecule has 0 aromatic heterocycles. The second kappa shape index (κ2) is 8.60. The Morgan fingerprint density at radius 3 is 2.29 bits per heavy atom. The lowest BCUT2D eigenvalue weighted by molar-refractivity contribution is -0.133. The molecule has 0 heterocycles. The van der Waals surface area contributed by atoms with Gasteiger partial charge in [-0.1, -0.05) is 32.6 Å². The lowest BCUT2D eigenvalue weighted by Crippen LogP contribution is -2.08. The molecule has 0 saturated heterocycles. The third-order valence-corrected chi connectivity index (χ3v) is 2.06. The number of Topliss-reactive ketones (excluding diaryl/α,β-unsaturated/α-hetero) is 2. The largest absolute Gasteiger partial charge is 0.299 e. The predicted molar refractivity (Wildman–Crippen MR) is 54.1 cm³/mol. The number of ketones is 2. The number of rotatable bonds is 9. The van der Waals surface area contributed by atoms with E-state index in [9.17, 15) is 14.4 Å². The highest BCUT2D eigenvalue weighted by molar-refractivity contribution is 6.29. The van der Waals surface area contributed by atoms with Crippen molar-refractivity contribution in [3.05, 3.63) is 0 Å². The van der Waals surface area contributed by atoms with Gasteiger partial charge >= 0.3 is 0 Å². The van der Waals surface area contributed by atoms with Crippen LogP contribution in [0.2, 0.25) is 0 Å². The van der Waals surface area contributed by atoms with Crippen LogP contribution in [-0.4, -0.2) is 17.9 Å². The Balaban J connectivity index is 3.35. The maximum atomic E-state index is 11.1. The highest BCUT2D eigenvalue weighted by Crippen LogP contribution is 2.06. The molecule has 80 valence electrons. The first kappa shape index (κ1) is 13.0. The molecule has 0 aromatic carbocycles. The molecule has 0 radical (unpaired) electrons. The fraction of sp³-hybridized carbons (Fsp3) is 0.727. The van der Waals surface area contributed by atoms with Crippen LogP contribution in [0.5, 0.6) is 0 Å². The molecule has 0 N–H and O–H groups in total. The molecule has 14 heavy (non-hydrogen) atoms. The summed E-state index contributed by atoms with van der Waals surface area (Å²) in [6, 6.07) is 0. The van der Waals surface area contributed by atoms with Gasteiger partial charge in [-0.25, -0.2) is 0 Å². The zero-order valence-electron chi connectivity index (χ0n) is 8.75. The van der Waals surface area contributed by atoms with Crippen molar-refractivity contribution in [2.24, 2.45) is 0 Å². The van der Waals surface area contributed by atoms with Crippen LogP contribution >= 0.6 is 0 Å². The standard InChI is InChI=1S/C11H18O3/c1-2-3-4-5-6-7-10(13)8-11(14)9-12/h9H,2-8H2,1H3. The van der Waals surface area contributed by atoms with E-state index in [4.69, 9.17) is 0 Å². The van der Waals surface area contributed by atoms with Crippen LogP contribution < -0.4 is 0 Å². The molecule has 0 aromatic rings. The molecule has 3 nitrogen and oxygen atoms in total. The van der Waals surface area contributed by atoms with Gasteiger partial charge in [0.15, 0.2) is 6.29 Å². The molecule has 3 heteroatoms. The van der Waals surface area contributed by atoms with Crippen molar-refractivity contribution in [1.82, 2.24) is 0 Å². The highest BCUT2D eigenvalue weighted by atomic mass is 16.2. The smallest absolute Gasteiger partial charge is 0.202 e. The SMILES string of the molecule is CCCCCCCC(=O)CC(=O)C=O. The first-order chi connectivity index (χ1) is 6.70. The Kier molecular flexibility index (Phi) is 7.99. The molecule has 0 saturated carbocycles. The number of carbonyl (C=O) groups excluding carboxylic acids is 3. The average molecular weight is 198 g/mol. The summed E-state index contributed by atoms with van der Waals surface area (Å²) in [5.74, 6) is -0.720. The normalized spacial score (nSPS) is 9.79.